The van der Waals surface area contributed by atoms with Crippen LogP contribution in [0.25, 0.3) is 22.3 Å². The van der Waals surface area contributed by atoms with Gasteiger partial charge in [0.15, 0.2) is 5.58 Å². The Morgan fingerprint density at radius 3 is 2.45 bits per heavy atom. The standard InChI is InChI=1S/C22H19NO6/c1-26-21(24)16-12-28-13-23(19(16)22(25)27-2)17-10-6-9-15-11-18(29-20(15)17)14-7-4-3-5-8-14/h3-11H,12-13H2,1-2H3. The van der Waals surface area contributed by atoms with E-state index in [9.17, 15) is 9.59 Å². The lowest BCUT2D eigenvalue weighted by molar-refractivity contribution is -0.140. The van der Waals surface area contributed by atoms with Crippen molar-refractivity contribution in [1.29, 1.82) is 0 Å². The molecule has 2 aromatic carbocycles. The minimum atomic E-state index is -0.652. The number of nitrogens with zero attached hydrogens (tertiary/aromatic N) is 1. The van der Waals surface area contributed by atoms with E-state index >= 15 is 0 Å². The number of carbonyl (C=O) groups is 2. The molecule has 1 aromatic heterocycles. The SMILES string of the molecule is COC(=O)C1=C(C(=O)OC)N(c2cccc3cc(-c4ccccc4)oc23)COC1. The number of hydrogen-bond donors (Lipinski definition) is 0. The van der Waals surface area contributed by atoms with Gasteiger partial charge in [-0.15, -0.1) is 0 Å². The molecule has 3 aromatic rings. The molecule has 0 N–H and O–H groups in total. The van der Waals surface area contributed by atoms with E-state index in [0.29, 0.717) is 17.0 Å². The molecule has 0 atom stereocenters. The summed E-state index contributed by atoms with van der Waals surface area (Å²) in [6, 6.07) is 17.2. The molecule has 1 aliphatic rings. The van der Waals surface area contributed by atoms with Gasteiger partial charge >= 0.3 is 11.9 Å². The predicted octanol–water partition coefficient (Wildman–Crippen LogP) is 3.49. The minimum Gasteiger partial charge on any atom is -0.466 e. The average Bonchev–Trinajstić information content (AvgIpc) is 3.22. The number of anilines is 1. The lowest BCUT2D eigenvalue weighted by atomic mass is 10.1. The summed E-state index contributed by atoms with van der Waals surface area (Å²) in [5.41, 5.74) is 2.27. The molecule has 0 unspecified atom stereocenters. The van der Waals surface area contributed by atoms with Crippen LogP contribution in [0.3, 0.4) is 0 Å². The molecule has 7 heteroatoms. The first-order valence-electron chi connectivity index (χ1n) is 8.97. The molecular weight excluding hydrogens is 374 g/mol. The van der Waals surface area contributed by atoms with E-state index in [4.69, 9.17) is 18.6 Å². The van der Waals surface area contributed by atoms with Crippen molar-refractivity contribution in [2.45, 2.75) is 0 Å². The summed E-state index contributed by atoms with van der Waals surface area (Å²) in [6.45, 7) is 0.0163. The van der Waals surface area contributed by atoms with E-state index in [2.05, 4.69) is 0 Å². The van der Waals surface area contributed by atoms with Crippen LogP contribution in [0.5, 0.6) is 0 Å². The zero-order valence-corrected chi connectivity index (χ0v) is 16.0. The van der Waals surface area contributed by atoms with E-state index in [0.717, 1.165) is 10.9 Å². The van der Waals surface area contributed by atoms with Crippen molar-refractivity contribution in [2.75, 3.05) is 32.5 Å². The summed E-state index contributed by atoms with van der Waals surface area (Å²) in [4.78, 5) is 26.3. The molecule has 2 heterocycles. The smallest absolute Gasteiger partial charge is 0.355 e. The average molecular weight is 393 g/mol. The Bertz CT molecular complexity index is 1100. The summed E-state index contributed by atoms with van der Waals surface area (Å²) in [5.74, 6) is -0.602. The predicted molar refractivity (Wildman–Crippen MR) is 106 cm³/mol. The van der Waals surface area contributed by atoms with Crippen molar-refractivity contribution in [3.63, 3.8) is 0 Å². The topological polar surface area (TPSA) is 78.2 Å². The van der Waals surface area contributed by atoms with Crippen LogP contribution in [0.4, 0.5) is 5.69 Å². The number of rotatable bonds is 4. The van der Waals surface area contributed by atoms with Gasteiger partial charge < -0.3 is 23.5 Å². The second-order valence-electron chi connectivity index (χ2n) is 6.39. The van der Waals surface area contributed by atoms with E-state index < -0.39 is 11.9 Å². The highest BCUT2D eigenvalue weighted by molar-refractivity contribution is 6.05. The van der Waals surface area contributed by atoms with Gasteiger partial charge in [-0.1, -0.05) is 42.5 Å². The third kappa shape index (κ3) is 3.36. The number of para-hydroxylation sites is 1. The van der Waals surface area contributed by atoms with Gasteiger partial charge in [0, 0.05) is 10.9 Å². The Kier molecular flexibility index (Phi) is 5.05. The van der Waals surface area contributed by atoms with Crippen LogP contribution in [0, 0.1) is 0 Å². The van der Waals surface area contributed by atoms with Crippen LogP contribution >= 0.6 is 0 Å². The number of carbonyl (C=O) groups excluding carboxylic acids is 2. The molecule has 4 rings (SSSR count). The molecule has 0 spiro atoms. The number of esters is 2. The minimum absolute atomic E-state index is 0.0446. The maximum Gasteiger partial charge on any atom is 0.355 e. The van der Waals surface area contributed by atoms with Gasteiger partial charge in [0.05, 0.1) is 32.1 Å². The molecule has 0 amide bonds. The van der Waals surface area contributed by atoms with Gasteiger partial charge in [-0.25, -0.2) is 9.59 Å². The summed E-state index contributed by atoms with van der Waals surface area (Å²) in [5, 5.41) is 0.857. The number of hydrogen-bond acceptors (Lipinski definition) is 7. The van der Waals surface area contributed by atoms with E-state index in [1.54, 1.807) is 11.0 Å². The fourth-order valence-electron chi connectivity index (χ4n) is 3.34. The van der Waals surface area contributed by atoms with Gasteiger partial charge in [0.1, 0.15) is 18.2 Å². The summed E-state index contributed by atoms with van der Waals surface area (Å²) in [7, 11) is 2.52. The molecule has 0 saturated carbocycles. The highest BCUT2D eigenvalue weighted by atomic mass is 16.5. The van der Waals surface area contributed by atoms with Crippen LogP contribution in [0.2, 0.25) is 0 Å². The fraction of sp³-hybridized carbons (Fsp3) is 0.182. The zero-order chi connectivity index (χ0) is 20.4. The quantitative estimate of drug-likeness (QED) is 0.628. The van der Waals surface area contributed by atoms with Crippen LogP contribution in [0.15, 0.2) is 70.3 Å². The molecule has 7 nitrogen and oxygen atoms in total. The monoisotopic (exact) mass is 393 g/mol. The third-order valence-corrected chi connectivity index (χ3v) is 4.71. The van der Waals surface area contributed by atoms with Gasteiger partial charge in [0.2, 0.25) is 0 Å². The van der Waals surface area contributed by atoms with Crippen molar-refractivity contribution in [3.8, 4) is 11.3 Å². The van der Waals surface area contributed by atoms with Crippen molar-refractivity contribution >= 4 is 28.6 Å². The summed E-state index contributed by atoms with van der Waals surface area (Å²) < 4.78 is 21.4. The van der Waals surface area contributed by atoms with Crippen LogP contribution in [-0.4, -0.2) is 39.5 Å². The largest absolute Gasteiger partial charge is 0.466 e. The Morgan fingerprint density at radius 2 is 1.72 bits per heavy atom. The van der Waals surface area contributed by atoms with Crippen molar-refractivity contribution < 1.29 is 28.2 Å². The van der Waals surface area contributed by atoms with Crippen LogP contribution in [-0.2, 0) is 23.8 Å². The summed E-state index contributed by atoms with van der Waals surface area (Å²) in [6.07, 6.45) is 0. The number of furan rings is 1. The molecule has 148 valence electrons. The van der Waals surface area contributed by atoms with E-state index in [-0.39, 0.29) is 24.6 Å². The summed E-state index contributed by atoms with van der Waals surface area (Å²) >= 11 is 0. The lowest BCUT2D eigenvalue weighted by Crippen LogP contribution is -2.38. The van der Waals surface area contributed by atoms with Gasteiger partial charge in [-0.05, 0) is 12.1 Å². The molecule has 1 aliphatic heterocycles. The highest BCUT2D eigenvalue weighted by Gasteiger charge is 2.33. The number of fused-ring (bicyclic) bond motifs is 1. The van der Waals surface area contributed by atoms with E-state index in [1.807, 2.05) is 48.5 Å². The number of methoxy groups -OCH3 is 2. The molecule has 29 heavy (non-hydrogen) atoms. The van der Waals surface area contributed by atoms with Crippen molar-refractivity contribution in [3.05, 3.63) is 65.9 Å². The second-order valence-corrected chi connectivity index (χ2v) is 6.39. The maximum absolute atomic E-state index is 12.5. The number of benzene rings is 2. The normalized spacial score (nSPS) is 14.2. The molecular formula is C22H19NO6. The molecule has 0 radical (unpaired) electrons. The Labute approximate surface area is 167 Å². The molecule has 0 bridgehead atoms. The van der Waals surface area contributed by atoms with Gasteiger partial charge in [0.25, 0.3) is 0 Å². The third-order valence-electron chi connectivity index (χ3n) is 4.71. The van der Waals surface area contributed by atoms with Crippen LogP contribution in [0.1, 0.15) is 0 Å². The molecule has 0 fully saturated rings. The first-order chi connectivity index (χ1) is 14.1. The van der Waals surface area contributed by atoms with Crippen molar-refractivity contribution in [2.24, 2.45) is 0 Å². The zero-order valence-electron chi connectivity index (χ0n) is 16.0. The number of ether oxygens (including phenoxy) is 3. The van der Waals surface area contributed by atoms with Gasteiger partial charge in [-0.3, -0.25) is 0 Å². The first kappa shape index (κ1) is 18.8. The maximum atomic E-state index is 12.5. The molecule has 0 aliphatic carbocycles. The Balaban J connectivity index is 1.87. The second kappa shape index (κ2) is 7.81. The first-order valence-corrected chi connectivity index (χ1v) is 8.97. The Hall–Kier alpha value is -3.58. The fourth-order valence-corrected chi connectivity index (χ4v) is 3.34. The van der Waals surface area contributed by atoms with Gasteiger partial charge in [-0.2, -0.15) is 0 Å². The Morgan fingerprint density at radius 1 is 0.966 bits per heavy atom. The van der Waals surface area contributed by atoms with E-state index in [1.165, 1.54) is 14.2 Å². The van der Waals surface area contributed by atoms with Crippen LogP contribution < -0.4 is 4.90 Å². The lowest BCUT2D eigenvalue weighted by Gasteiger charge is -2.31. The van der Waals surface area contributed by atoms with Crippen molar-refractivity contribution in [1.82, 2.24) is 0 Å². The molecule has 0 saturated heterocycles. The highest BCUT2D eigenvalue weighted by Crippen LogP contribution is 2.37.